The summed E-state index contributed by atoms with van der Waals surface area (Å²) in [5, 5.41) is 6.67. The van der Waals surface area contributed by atoms with E-state index in [2.05, 4.69) is 10.5 Å². The van der Waals surface area contributed by atoms with Crippen molar-refractivity contribution >= 4 is 45.2 Å². The molecule has 1 aliphatic rings. The Labute approximate surface area is 184 Å². The molecule has 0 unspecified atom stereocenters. The van der Waals surface area contributed by atoms with Crippen molar-refractivity contribution in [2.24, 2.45) is 5.10 Å². The zero-order valence-electron chi connectivity index (χ0n) is 16.9. The Morgan fingerprint density at radius 2 is 1.77 bits per heavy atom. The van der Waals surface area contributed by atoms with Crippen molar-refractivity contribution in [2.75, 3.05) is 23.9 Å². The van der Waals surface area contributed by atoms with Gasteiger partial charge in [-0.25, -0.2) is 5.43 Å². The number of anilines is 1. The molecule has 0 bridgehead atoms. The molecule has 158 valence electrons. The molecule has 8 heteroatoms. The molecule has 3 aromatic rings. The Morgan fingerprint density at radius 3 is 2.55 bits per heavy atom. The van der Waals surface area contributed by atoms with E-state index in [0.29, 0.717) is 23.2 Å². The van der Waals surface area contributed by atoms with Crippen LogP contribution in [0.4, 0.5) is 5.69 Å². The number of carbonyl (C=O) groups excluding carboxylic acids is 2. The van der Waals surface area contributed by atoms with Crippen molar-refractivity contribution in [2.45, 2.75) is 6.92 Å². The summed E-state index contributed by atoms with van der Waals surface area (Å²) in [5.74, 6) is 1.07. The lowest BCUT2D eigenvalue weighted by atomic mass is 10.1. The first-order valence-electron chi connectivity index (χ1n) is 9.81. The summed E-state index contributed by atoms with van der Waals surface area (Å²) in [6.07, 6.45) is 0. The zero-order chi connectivity index (χ0) is 21.6. The smallest absolute Gasteiger partial charge is 0.278 e. The molecule has 1 N–H and O–H groups in total. The summed E-state index contributed by atoms with van der Waals surface area (Å²) in [6, 6.07) is 20.7. The Morgan fingerprint density at radius 1 is 1.03 bits per heavy atom. The molecule has 31 heavy (non-hydrogen) atoms. The van der Waals surface area contributed by atoms with Crippen LogP contribution in [0.2, 0.25) is 0 Å². The molecule has 1 aliphatic heterocycles. The van der Waals surface area contributed by atoms with Crippen LogP contribution < -0.4 is 19.8 Å². The number of nitrogens with one attached hydrogen (secondary N) is 1. The van der Waals surface area contributed by atoms with Crippen LogP contribution in [0.15, 0.2) is 71.8 Å². The molecule has 1 heterocycles. The van der Waals surface area contributed by atoms with Crippen LogP contribution in [-0.2, 0) is 9.59 Å². The molecule has 0 aromatic heterocycles. The fourth-order valence-electron chi connectivity index (χ4n) is 3.11. The van der Waals surface area contributed by atoms with Gasteiger partial charge in [-0.15, -0.1) is 5.10 Å². The highest BCUT2D eigenvalue weighted by atomic mass is 32.2. The SMILES string of the molecule is CCOc1ccc(N2C(=O)CSC2=NNC(=O)COc2ccc3ccccc3c2)cc1. The van der Waals surface area contributed by atoms with E-state index in [1.54, 1.807) is 24.3 Å². The Balaban J connectivity index is 1.37. The van der Waals surface area contributed by atoms with Crippen LogP contribution in [0.25, 0.3) is 10.8 Å². The van der Waals surface area contributed by atoms with E-state index < -0.39 is 5.91 Å². The van der Waals surface area contributed by atoms with Crippen molar-refractivity contribution in [3.05, 3.63) is 66.7 Å². The van der Waals surface area contributed by atoms with Gasteiger partial charge < -0.3 is 9.47 Å². The summed E-state index contributed by atoms with van der Waals surface area (Å²) in [4.78, 5) is 26.0. The van der Waals surface area contributed by atoms with Gasteiger partial charge in [0.25, 0.3) is 5.91 Å². The lowest BCUT2D eigenvalue weighted by Crippen LogP contribution is -2.32. The predicted octanol–water partition coefficient (Wildman–Crippen LogP) is 3.78. The lowest BCUT2D eigenvalue weighted by Gasteiger charge is -2.16. The second kappa shape index (κ2) is 9.53. The average Bonchev–Trinajstić information content (AvgIpc) is 3.17. The largest absolute Gasteiger partial charge is 0.494 e. The van der Waals surface area contributed by atoms with Crippen LogP contribution in [0, 0.1) is 0 Å². The van der Waals surface area contributed by atoms with Crippen molar-refractivity contribution in [1.82, 2.24) is 5.43 Å². The number of nitrogens with zero attached hydrogens (tertiary/aromatic N) is 2. The molecule has 4 rings (SSSR count). The molecule has 1 saturated heterocycles. The first-order chi connectivity index (χ1) is 15.1. The van der Waals surface area contributed by atoms with Gasteiger partial charge in [-0.2, -0.15) is 0 Å². The molecule has 0 atom stereocenters. The van der Waals surface area contributed by atoms with Crippen LogP contribution in [0.5, 0.6) is 11.5 Å². The van der Waals surface area contributed by atoms with Gasteiger partial charge >= 0.3 is 0 Å². The highest BCUT2D eigenvalue weighted by Crippen LogP contribution is 2.28. The molecule has 7 nitrogen and oxygen atoms in total. The number of rotatable bonds is 7. The number of hydrazone groups is 1. The van der Waals surface area contributed by atoms with Crippen LogP contribution >= 0.6 is 11.8 Å². The van der Waals surface area contributed by atoms with Gasteiger partial charge in [-0.05, 0) is 54.1 Å². The third-order valence-corrected chi connectivity index (χ3v) is 5.46. The van der Waals surface area contributed by atoms with Gasteiger partial charge in [-0.3, -0.25) is 14.5 Å². The van der Waals surface area contributed by atoms with Gasteiger partial charge in [0.15, 0.2) is 11.8 Å². The normalized spacial score (nSPS) is 14.8. The van der Waals surface area contributed by atoms with Crippen molar-refractivity contribution in [1.29, 1.82) is 0 Å². The standard InChI is InChI=1S/C23H21N3O4S/c1-2-29-19-11-8-18(9-12-19)26-22(28)15-31-23(26)25-24-21(27)14-30-20-10-7-16-5-3-4-6-17(16)13-20/h3-13H,2,14-15H2,1H3,(H,24,27). The number of ether oxygens (including phenoxy) is 2. The Bertz CT molecular complexity index is 1130. The molecule has 2 amide bonds. The molecule has 3 aromatic carbocycles. The summed E-state index contributed by atoms with van der Waals surface area (Å²) >= 11 is 1.27. The molecule has 1 fully saturated rings. The molecule has 0 aliphatic carbocycles. The summed E-state index contributed by atoms with van der Waals surface area (Å²) < 4.78 is 11.0. The van der Waals surface area contributed by atoms with Gasteiger partial charge in [0.1, 0.15) is 11.5 Å². The number of carbonyl (C=O) groups is 2. The first kappa shape index (κ1) is 20.7. The number of fused-ring (bicyclic) bond motifs is 1. The van der Waals surface area contributed by atoms with E-state index in [0.717, 1.165) is 16.5 Å². The van der Waals surface area contributed by atoms with E-state index in [-0.39, 0.29) is 18.3 Å². The van der Waals surface area contributed by atoms with E-state index in [1.807, 2.05) is 49.4 Å². The topological polar surface area (TPSA) is 80.2 Å². The summed E-state index contributed by atoms with van der Waals surface area (Å²) in [7, 11) is 0. The molecular weight excluding hydrogens is 414 g/mol. The lowest BCUT2D eigenvalue weighted by molar-refractivity contribution is -0.123. The third kappa shape index (κ3) is 4.97. The van der Waals surface area contributed by atoms with Gasteiger partial charge in [0, 0.05) is 0 Å². The minimum absolute atomic E-state index is 0.102. The summed E-state index contributed by atoms with van der Waals surface area (Å²) in [5.41, 5.74) is 3.13. The van der Waals surface area contributed by atoms with Gasteiger partial charge in [-0.1, -0.05) is 42.1 Å². The number of amides is 2. The van der Waals surface area contributed by atoms with Crippen LogP contribution in [-0.4, -0.2) is 35.9 Å². The van der Waals surface area contributed by atoms with Gasteiger partial charge in [0.05, 0.1) is 18.0 Å². The fraction of sp³-hybridized carbons (Fsp3) is 0.174. The van der Waals surface area contributed by atoms with Crippen LogP contribution in [0.1, 0.15) is 6.92 Å². The summed E-state index contributed by atoms with van der Waals surface area (Å²) in [6.45, 7) is 2.29. The third-order valence-electron chi connectivity index (χ3n) is 4.54. The average molecular weight is 436 g/mol. The minimum atomic E-state index is -0.410. The molecular formula is C23H21N3O4S. The van der Waals surface area contributed by atoms with Crippen LogP contribution in [0.3, 0.4) is 0 Å². The van der Waals surface area contributed by atoms with E-state index >= 15 is 0 Å². The van der Waals surface area contributed by atoms with E-state index in [9.17, 15) is 9.59 Å². The monoisotopic (exact) mass is 435 g/mol. The highest BCUT2D eigenvalue weighted by Gasteiger charge is 2.30. The molecule has 0 spiro atoms. The number of hydrogen-bond acceptors (Lipinski definition) is 6. The fourth-order valence-corrected chi connectivity index (χ4v) is 3.93. The quantitative estimate of drug-likeness (QED) is 0.571. The second-order valence-corrected chi connectivity index (χ2v) is 7.61. The number of amidine groups is 1. The van der Waals surface area contributed by atoms with E-state index in [4.69, 9.17) is 9.47 Å². The molecule has 0 radical (unpaired) electrons. The van der Waals surface area contributed by atoms with E-state index in [1.165, 1.54) is 16.7 Å². The second-order valence-electron chi connectivity index (χ2n) is 6.67. The minimum Gasteiger partial charge on any atom is -0.494 e. The predicted molar refractivity (Wildman–Crippen MR) is 123 cm³/mol. The first-order valence-corrected chi connectivity index (χ1v) is 10.8. The van der Waals surface area contributed by atoms with Gasteiger partial charge in [0.2, 0.25) is 5.91 Å². The van der Waals surface area contributed by atoms with Crippen molar-refractivity contribution < 1.29 is 19.1 Å². The Hall–Kier alpha value is -3.52. The maximum atomic E-state index is 12.3. The number of benzene rings is 3. The zero-order valence-corrected chi connectivity index (χ0v) is 17.7. The van der Waals surface area contributed by atoms with Crippen molar-refractivity contribution in [3.63, 3.8) is 0 Å². The van der Waals surface area contributed by atoms with Crippen molar-refractivity contribution in [3.8, 4) is 11.5 Å². The maximum absolute atomic E-state index is 12.3. The Kier molecular flexibility index (Phi) is 6.37. The maximum Gasteiger partial charge on any atom is 0.278 e. The number of thioether (sulfide) groups is 1. The highest BCUT2D eigenvalue weighted by molar-refractivity contribution is 8.15. The number of hydrogen-bond donors (Lipinski definition) is 1. The molecule has 0 saturated carbocycles.